The minimum Gasteiger partial charge on any atom is -0.370 e. The molecule has 5 nitrogen and oxygen atoms in total. The summed E-state index contributed by atoms with van der Waals surface area (Å²) >= 11 is 6.93. The zero-order valence-electron chi connectivity index (χ0n) is 12.8. The van der Waals surface area contributed by atoms with Gasteiger partial charge in [-0.25, -0.2) is 0 Å². The second-order valence-electron chi connectivity index (χ2n) is 5.01. The topological polar surface area (TPSA) is 50.1 Å². The number of morpholine rings is 1. The number of hydrogen-bond donors (Lipinski definition) is 3. The molecule has 0 amide bonds. The van der Waals surface area contributed by atoms with E-state index >= 15 is 0 Å². The standard InChI is InChI=1S/C15H22N4OS2/c1-22-14-4-2-13(3-5-14)12-17-18-15(21)16-6-7-19-8-10-20-11-9-19/h2-5,12H,6-11H2,1H3,(H2,16,18,21)/p+1/b17-12-. The normalized spacial score (nSPS) is 15.9. The molecule has 0 unspecified atom stereocenters. The number of nitrogens with one attached hydrogen (secondary N) is 3. The molecule has 0 atom stereocenters. The minimum atomic E-state index is 0.560. The third kappa shape index (κ3) is 6.31. The van der Waals surface area contributed by atoms with Crippen molar-refractivity contribution in [3.8, 4) is 0 Å². The summed E-state index contributed by atoms with van der Waals surface area (Å²) in [6.07, 6.45) is 3.83. The molecule has 1 aliphatic heterocycles. The Hall–Kier alpha value is -1.15. The number of thiocarbonyl (C=S) groups is 1. The van der Waals surface area contributed by atoms with E-state index in [0.29, 0.717) is 5.11 Å². The molecule has 120 valence electrons. The molecule has 0 aromatic heterocycles. The molecule has 7 heteroatoms. The second-order valence-corrected chi connectivity index (χ2v) is 6.30. The predicted octanol–water partition coefficient (Wildman–Crippen LogP) is 0.122. The number of benzene rings is 1. The van der Waals surface area contributed by atoms with Gasteiger partial charge in [-0.3, -0.25) is 5.43 Å². The number of thioether (sulfide) groups is 1. The summed E-state index contributed by atoms with van der Waals surface area (Å²) in [6, 6.07) is 8.23. The molecule has 0 bridgehead atoms. The molecule has 22 heavy (non-hydrogen) atoms. The van der Waals surface area contributed by atoms with Crippen LogP contribution in [0.2, 0.25) is 0 Å². The summed E-state index contributed by atoms with van der Waals surface area (Å²) < 4.78 is 5.34. The smallest absolute Gasteiger partial charge is 0.187 e. The Morgan fingerprint density at radius 3 is 2.77 bits per heavy atom. The van der Waals surface area contributed by atoms with Gasteiger partial charge in [-0.2, -0.15) is 5.10 Å². The van der Waals surface area contributed by atoms with Gasteiger partial charge in [0.15, 0.2) is 5.11 Å². The van der Waals surface area contributed by atoms with Crippen LogP contribution in [-0.4, -0.2) is 57.0 Å². The van der Waals surface area contributed by atoms with Gasteiger partial charge in [-0.05, 0) is 36.2 Å². The zero-order chi connectivity index (χ0) is 15.6. The summed E-state index contributed by atoms with van der Waals surface area (Å²) in [7, 11) is 0. The minimum absolute atomic E-state index is 0.560. The summed E-state index contributed by atoms with van der Waals surface area (Å²) in [4.78, 5) is 2.80. The van der Waals surface area contributed by atoms with Gasteiger partial charge in [0.05, 0.1) is 32.5 Å². The van der Waals surface area contributed by atoms with Crippen molar-refractivity contribution in [3.05, 3.63) is 29.8 Å². The molecule has 2 rings (SSSR count). The molecule has 3 N–H and O–H groups in total. The molecule has 0 saturated carbocycles. The van der Waals surface area contributed by atoms with E-state index in [1.807, 2.05) is 12.1 Å². The average molecular weight is 340 g/mol. The van der Waals surface area contributed by atoms with Gasteiger partial charge in [0.1, 0.15) is 13.1 Å². The van der Waals surface area contributed by atoms with Gasteiger partial charge in [0.2, 0.25) is 0 Å². The van der Waals surface area contributed by atoms with Crippen LogP contribution in [-0.2, 0) is 4.74 Å². The van der Waals surface area contributed by atoms with Crippen LogP contribution in [0.3, 0.4) is 0 Å². The van der Waals surface area contributed by atoms with E-state index in [1.165, 1.54) is 4.90 Å². The van der Waals surface area contributed by atoms with Crippen LogP contribution in [0.25, 0.3) is 0 Å². The molecule has 0 spiro atoms. The van der Waals surface area contributed by atoms with Gasteiger partial charge in [-0.15, -0.1) is 11.8 Å². The van der Waals surface area contributed by atoms with E-state index in [2.05, 4.69) is 34.2 Å². The number of ether oxygens (including phenoxy) is 1. The Labute approximate surface area is 141 Å². The number of quaternary nitrogens is 1. The lowest BCUT2D eigenvalue weighted by atomic mass is 10.2. The van der Waals surface area contributed by atoms with Gasteiger partial charge >= 0.3 is 0 Å². The fraction of sp³-hybridized carbons (Fsp3) is 0.467. The highest BCUT2D eigenvalue weighted by atomic mass is 32.2. The maximum absolute atomic E-state index is 5.34. The second kappa shape index (κ2) is 9.78. The maximum Gasteiger partial charge on any atom is 0.187 e. The largest absolute Gasteiger partial charge is 0.370 e. The molecule has 1 aromatic carbocycles. The van der Waals surface area contributed by atoms with Gasteiger partial charge in [0.25, 0.3) is 0 Å². The van der Waals surface area contributed by atoms with E-state index in [4.69, 9.17) is 17.0 Å². The Bertz CT molecular complexity index is 487. The first kappa shape index (κ1) is 17.2. The third-order valence-corrected chi connectivity index (χ3v) is 4.44. The van der Waals surface area contributed by atoms with Crippen LogP contribution in [0.1, 0.15) is 5.56 Å². The third-order valence-electron chi connectivity index (χ3n) is 3.46. The Balaban J connectivity index is 1.62. The van der Waals surface area contributed by atoms with Crippen molar-refractivity contribution in [2.75, 3.05) is 45.6 Å². The van der Waals surface area contributed by atoms with Crippen molar-refractivity contribution >= 4 is 35.3 Å². The highest BCUT2D eigenvalue weighted by molar-refractivity contribution is 7.98. The molecule has 1 fully saturated rings. The summed E-state index contributed by atoms with van der Waals surface area (Å²) in [6.45, 7) is 5.76. The van der Waals surface area contributed by atoms with Crippen molar-refractivity contribution in [3.63, 3.8) is 0 Å². The fourth-order valence-corrected chi connectivity index (χ4v) is 2.72. The number of rotatable bonds is 6. The average Bonchev–Trinajstić information content (AvgIpc) is 2.56. The number of hydrazone groups is 1. The highest BCUT2D eigenvalue weighted by Gasteiger charge is 2.12. The number of hydrogen-bond acceptors (Lipinski definition) is 4. The van der Waals surface area contributed by atoms with Crippen molar-refractivity contribution in [1.29, 1.82) is 0 Å². The zero-order valence-corrected chi connectivity index (χ0v) is 14.4. The van der Waals surface area contributed by atoms with Crippen LogP contribution in [0.15, 0.2) is 34.3 Å². The molecule has 0 radical (unpaired) electrons. The quantitative estimate of drug-likeness (QED) is 0.298. The molecular weight excluding hydrogens is 316 g/mol. The van der Waals surface area contributed by atoms with Crippen molar-refractivity contribution in [2.24, 2.45) is 5.10 Å². The Kier molecular flexibility index (Phi) is 7.65. The lowest BCUT2D eigenvalue weighted by Crippen LogP contribution is -3.14. The summed E-state index contributed by atoms with van der Waals surface area (Å²) in [5, 5.41) is 7.89. The first-order chi connectivity index (χ1) is 10.8. The van der Waals surface area contributed by atoms with Crippen LogP contribution in [0.5, 0.6) is 0 Å². The SMILES string of the molecule is CSc1ccc(/C=N\NC(=S)NCC[NH+]2CCOCC2)cc1. The van der Waals surface area contributed by atoms with Crippen LogP contribution >= 0.6 is 24.0 Å². The van der Waals surface area contributed by atoms with Crippen molar-refractivity contribution < 1.29 is 9.64 Å². The Morgan fingerprint density at radius 1 is 1.36 bits per heavy atom. The fourth-order valence-electron chi connectivity index (χ4n) is 2.16. The number of nitrogens with zero attached hydrogens (tertiary/aromatic N) is 1. The molecule has 1 heterocycles. The van der Waals surface area contributed by atoms with Crippen molar-refractivity contribution in [2.45, 2.75) is 4.90 Å². The maximum atomic E-state index is 5.34. The first-order valence-electron chi connectivity index (χ1n) is 7.40. The molecule has 1 saturated heterocycles. The van der Waals surface area contributed by atoms with Gasteiger partial charge in [0, 0.05) is 4.90 Å². The molecule has 1 aliphatic rings. The Morgan fingerprint density at radius 2 is 2.09 bits per heavy atom. The molecule has 0 aliphatic carbocycles. The van der Waals surface area contributed by atoms with E-state index in [0.717, 1.165) is 45.0 Å². The van der Waals surface area contributed by atoms with Gasteiger partial charge in [-0.1, -0.05) is 12.1 Å². The first-order valence-corrected chi connectivity index (χ1v) is 9.03. The van der Waals surface area contributed by atoms with E-state index in [9.17, 15) is 0 Å². The van der Waals surface area contributed by atoms with Crippen molar-refractivity contribution in [1.82, 2.24) is 10.7 Å². The van der Waals surface area contributed by atoms with Crippen LogP contribution in [0, 0.1) is 0 Å². The summed E-state index contributed by atoms with van der Waals surface area (Å²) in [5.74, 6) is 0. The highest BCUT2D eigenvalue weighted by Crippen LogP contribution is 2.13. The van der Waals surface area contributed by atoms with E-state index in [-0.39, 0.29) is 0 Å². The van der Waals surface area contributed by atoms with E-state index in [1.54, 1.807) is 22.9 Å². The van der Waals surface area contributed by atoms with Gasteiger partial charge < -0.3 is 15.0 Å². The monoisotopic (exact) mass is 339 g/mol. The summed E-state index contributed by atoms with van der Waals surface area (Å²) in [5.41, 5.74) is 3.90. The van der Waals surface area contributed by atoms with Crippen LogP contribution < -0.4 is 15.6 Å². The predicted molar refractivity (Wildman–Crippen MR) is 95.9 cm³/mol. The lowest BCUT2D eigenvalue weighted by Gasteiger charge is -2.23. The van der Waals surface area contributed by atoms with E-state index < -0.39 is 0 Å². The lowest BCUT2D eigenvalue weighted by molar-refractivity contribution is -0.906. The molecular formula is C15H23N4OS2+. The molecule has 1 aromatic rings. The van der Waals surface area contributed by atoms with Crippen LogP contribution in [0.4, 0.5) is 0 Å².